The van der Waals surface area contributed by atoms with E-state index in [4.69, 9.17) is 14.2 Å². The van der Waals surface area contributed by atoms with Crippen molar-refractivity contribution in [3.63, 3.8) is 0 Å². The van der Waals surface area contributed by atoms with E-state index in [1.807, 2.05) is 24.3 Å². The van der Waals surface area contributed by atoms with Gasteiger partial charge in [0.25, 0.3) is 5.91 Å². The van der Waals surface area contributed by atoms with E-state index in [-0.39, 0.29) is 0 Å². The Hall–Kier alpha value is -3.87. The van der Waals surface area contributed by atoms with Crippen molar-refractivity contribution in [1.82, 2.24) is 10.3 Å². The molecular weight excluding hydrogens is 408 g/mol. The third-order valence-electron chi connectivity index (χ3n) is 5.42. The van der Waals surface area contributed by atoms with E-state index < -0.39 is 17.6 Å². The van der Waals surface area contributed by atoms with Crippen molar-refractivity contribution in [3.8, 4) is 28.5 Å². The normalized spacial score (nSPS) is 17.6. The highest BCUT2D eigenvalue weighted by molar-refractivity contribution is 6.03. The molecule has 32 heavy (non-hydrogen) atoms. The van der Waals surface area contributed by atoms with Gasteiger partial charge in [-0.1, -0.05) is 31.5 Å². The first kappa shape index (κ1) is 21.4. The van der Waals surface area contributed by atoms with E-state index in [0.717, 1.165) is 35.3 Å². The first-order valence-electron chi connectivity index (χ1n) is 10.4. The van der Waals surface area contributed by atoms with Gasteiger partial charge in [-0.05, 0) is 54.8 Å². The molecule has 0 spiro atoms. The van der Waals surface area contributed by atoms with Crippen LogP contribution in [0, 0.1) is 0 Å². The predicted octanol–water partition coefficient (Wildman–Crippen LogP) is 4.98. The SMILES string of the molecule is CCCc1cc(-c2ccc(OC)nc2)ccc1Oc1cccc([C@@]2(C)OC(=O)NC2=O)c1. The number of carbonyl (C=O) groups is 2. The van der Waals surface area contributed by atoms with Crippen LogP contribution < -0.4 is 14.8 Å². The molecule has 2 amide bonds. The Balaban J connectivity index is 1.62. The number of alkyl carbamates (subject to hydrolysis) is 1. The van der Waals surface area contributed by atoms with Gasteiger partial charge in [0.1, 0.15) is 11.5 Å². The second-order valence-corrected chi connectivity index (χ2v) is 7.67. The number of pyridine rings is 1. The summed E-state index contributed by atoms with van der Waals surface area (Å²) in [6.07, 6.45) is 2.82. The van der Waals surface area contributed by atoms with E-state index >= 15 is 0 Å². The summed E-state index contributed by atoms with van der Waals surface area (Å²) in [5.74, 6) is 1.35. The summed E-state index contributed by atoms with van der Waals surface area (Å²) in [6.45, 7) is 3.67. The number of amides is 2. The van der Waals surface area contributed by atoms with Crippen LogP contribution in [0.25, 0.3) is 11.1 Å². The number of hydrogen-bond acceptors (Lipinski definition) is 6. The highest BCUT2D eigenvalue weighted by Crippen LogP contribution is 2.35. The molecule has 7 heteroatoms. The Labute approximate surface area is 186 Å². The van der Waals surface area contributed by atoms with Crippen LogP contribution in [0.1, 0.15) is 31.4 Å². The first-order chi connectivity index (χ1) is 15.4. The van der Waals surface area contributed by atoms with Crippen molar-refractivity contribution in [2.45, 2.75) is 32.3 Å². The highest BCUT2D eigenvalue weighted by atomic mass is 16.6. The Morgan fingerprint density at radius 2 is 1.88 bits per heavy atom. The van der Waals surface area contributed by atoms with Gasteiger partial charge in [0, 0.05) is 23.4 Å². The number of carbonyl (C=O) groups excluding carboxylic acids is 2. The second kappa shape index (κ2) is 8.70. The van der Waals surface area contributed by atoms with Crippen molar-refractivity contribution >= 4 is 12.0 Å². The topological polar surface area (TPSA) is 86.8 Å². The Kier molecular flexibility index (Phi) is 5.81. The molecule has 1 saturated heterocycles. The lowest BCUT2D eigenvalue weighted by Crippen LogP contribution is -2.33. The van der Waals surface area contributed by atoms with Gasteiger partial charge >= 0.3 is 6.09 Å². The minimum absolute atomic E-state index is 0.497. The number of benzene rings is 2. The lowest BCUT2D eigenvalue weighted by molar-refractivity contribution is -0.130. The number of methoxy groups -OCH3 is 1. The standard InChI is InChI=1S/C25H24N2O5/c1-4-6-17-13-16(18-10-12-22(30-3)26-15-18)9-11-21(17)31-20-8-5-7-19(14-20)25(2)23(28)27-24(29)32-25/h5,7-15H,4,6H2,1-3H3,(H,27,28,29)/t25-/m1/s1. The third kappa shape index (κ3) is 4.14. The van der Waals surface area contributed by atoms with E-state index in [1.54, 1.807) is 44.5 Å². The molecular formula is C25H24N2O5. The van der Waals surface area contributed by atoms with Crippen molar-refractivity contribution < 1.29 is 23.8 Å². The zero-order chi connectivity index (χ0) is 22.7. The number of aromatic nitrogens is 1. The fourth-order valence-electron chi connectivity index (χ4n) is 3.64. The number of cyclic esters (lactones) is 1. The molecule has 1 N–H and O–H groups in total. The van der Waals surface area contributed by atoms with Crippen LogP contribution in [0.5, 0.6) is 17.4 Å². The van der Waals surface area contributed by atoms with E-state index in [2.05, 4.69) is 23.3 Å². The van der Waals surface area contributed by atoms with Crippen molar-refractivity contribution in [1.29, 1.82) is 0 Å². The first-order valence-corrected chi connectivity index (χ1v) is 10.4. The molecule has 1 fully saturated rings. The van der Waals surface area contributed by atoms with Gasteiger partial charge < -0.3 is 14.2 Å². The smallest absolute Gasteiger partial charge is 0.415 e. The number of nitrogens with one attached hydrogen (secondary N) is 1. The van der Waals surface area contributed by atoms with Crippen LogP contribution in [0.4, 0.5) is 4.79 Å². The quantitative estimate of drug-likeness (QED) is 0.566. The maximum absolute atomic E-state index is 12.2. The van der Waals surface area contributed by atoms with Gasteiger partial charge in [-0.25, -0.2) is 9.78 Å². The largest absolute Gasteiger partial charge is 0.481 e. The summed E-state index contributed by atoms with van der Waals surface area (Å²) < 4.78 is 16.6. The van der Waals surface area contributed by atoms with Gasteiger partial charge in [0.2, 0.25) is 11.5 Å². The minimum atomic E-state index is -1.38. The van der Waals surface area contributed by atoms with Gasteiger partial charge in [0.15, 0.2) is 0 Å². The van der Waals surface area contributed by atoms with Gasteiger partial charge in [-0.15, -0.1) is 0 Å². The molecule has 1 aromatic heterocycles. The number of hydrogen-bond donors (Lipinski definition) is 1. The van der Waals surface area contributed by atoms with Gasteiger partial charge in [0.05, 0.1) is 7.11 Å². The van der Waals surface area contributed by atoms with Gasteiger partial charge in [-0.2, -0.15) is 0 Å². The number of rotatable bonds is 7. The summed E-state index contributed by atoms with van der Waals surface area (Å²) in [5, 5.41) is 2.18. The zero-order valence-corrected chi connectivity index (χ0v) is 18.2. The molecule has 164 valence electrons. The van der Waals surface area contributed by atoms with Crippen molar-refractivity contribution in [3.05, 3.63) is 71.9 Å². The van der Waals surface area contributed by atoms with Crippen molar-refractivity contribution in [2.24, 2.45) is 0 Å². The summed E-state index contributed by atoms with van der Waals surface area (Å²) in [7, 11) is 1.59. The lowest BCUT2D eigenvalue weighted by atomic mass is 9.95. The molecule has 0 unspecified atom stereocenters. The minimum Gasteiger partial charge on any atom is -0.481 e. The molecule has 2 aromatic carbocycles. The summed E-state index contributed by atoms with van der Waals surface area (Å²) in [4.78, 5) is 28.0. The molecule has 1 atom stereocenters. The number of nitrogens with zero attached hydrogens (tertiary/aromatic N) is 1. The number of ether oxygens (including phenoxy) is 3. The Morgan fingerprint density at radius 3 is 2.53 bits per heavy atom. The average molecular weight is 432 g/mol. The fraction of sp³-hybridized carbons (Fsp3) is 0.240. The molecule has 1 aliphatic heterocycles. The maximum atomic E-state index is 12.2. The Bertz CT molecular complexity index is 1160. The van der Waals surface area contributed by atoms with Crippen LogP contribution in [0.3, 0.4) is 0 Å². The molecule has 0 aliphatic carbocycles. The van der Waals surface area contributed by atoms with Gasteiger partial charge in [-0.3, -0.25) is 10.1 Å². The third-order valence-corrected chi connectivity index (χ3v) is 5.42. The highest BCUT2D eigenvalue weighted by Gasteiger charge is 2.46. The molecule has 0 saturated carbocycles. The molecule has 0 bridgehead atoms. The van der Waals surface area contributed by atoms with E-state index in [9.17, 15) is 9.59 Å². The lowest BCUT2D eigenvalue weighted by Gasteiger charge is -2.20. The summed E-state index contributed by atoms with van der Waals surface area (Å²) >= 11 is 0. The molecule has 2 heterocycles. The molecule has 0 radical (unpaired) electrons. The maximum Gasteiger partial charge on any atom is 0.415 e. The zero-order valence-electron chi connectivity index (χ0n) is 18.2. The number of aryl methyl sites for hydroxylation is 1. The second-order valence-electron chi connectivity index (χ2n) is 7.67. The van der Waals surface area contributed by atoms with Crippen LogP contribution in [-0.4, -0.2) is 24.1 Å². The Morgan fingerprint density at radius 1 is 1.06 bits per heavy atom. The van der Waals surface area contributed by atoms with Crippen LogP contribution in [0.2, 0.25) is 0 Å². The van der Waals surface area contributed by atoms with Crippen LogP contribution >= 0.6 is 0 Å². The average Bonchev–Trinajstić information content (AvgIpc) is 3.07. The van der Waals surface area contributed by atoms with Crippen LogP contribution in [0.15, 0.2) is 60.8 Å². The van der Waals surface area contributed by atoms with E-state index in [0.29, 0.717) is 17.2 Å². The number of imide groups is 1. The molecule has 3 aromatic rings. The van der Waals surface area contributed by atoms with Crippen LogP contribution in [-0.2, 0) is 21.6 Å². The predicted molar refractivity (Wildman–Crippen MR) is 119 cm³/mol. The van der Waals surface area contributed by atoms with E-state index in [1.165, 1.54) is 0 Å². The monoisotopic (exact) mass is 432 g/mol. The molecule has 1 aliphatic rings. The summed E-state index contributed by atoms with van der Waals surface area (Å²) in [6, 6.07) is 16.8. The van der Waals surface area contributed by atoms with Crippen molar-refractivity contribution in [2.75, 3.05) is 7.11 Å². The summed E-state index contributed by atoms with van der Waals surface area (Å²) in [5.41, 5.74) is 2.23. The fourth-order valence-corrected chi connectivity index (χ4v) is 3.64. The molecule has 4 rings (SSSR count). The molecule has 7 nitrogen and oxygen atoms in total.